The lowest BCUT2D eigenvalue weighted by Gasteiger charge is -2.15. The van der Waals surface area contributed by atoms with Crippen molar-refractivity contribution in [3.05, 3.63) is 59.1 Å². The van der Waals surface area contributed by atoms with Gasteiger partial charge in [-0.15, -0.1) is 0 Å². The summed E-state index contributed by atoms with van der Waals surface area (Å²) >= 11 is 4.45. The summed E-state index contributed by atoms with van der Waals surface area (Å²) in [5.74, 6) is -0.479. The van der Waals surface area contributed by atoms with E-state index in [-0.39, 0.29) is 23.4 Å². The van der Waals surface area contributed by atoms with E-state index in [0.29, 0.717) is 11.4 Å². The van der Waals surface area contributed by atoms with Crippen LogP contribution in [-0.4, -0.2) is 22.2 Å². The first kappa shape index (κ1) is 16.7. The van der Waals surface area contributed by atoms with E-state index in [1.54, 1.807) is 24.3 Å². The Morgan fingerprint density at radius 1 is 1.17 bits per heavy atom. The Bertz CT molecular complexity index is 780. The standard InChI is InChI=1S/C17H14BrN3O2S/c18-11-6-8-12(9-7-11)20-15(22)10-14-16(23)21(17(19)24-14)13-4-2-1-3-5-13/h1-9,14,19H,10H2,(H,20,22)/t14-/m1/s1. The number of amidine groups is 1. The third-order valence-electron chi connectivity index (χ3n) is 3.47. The summed E-state index contributed by atoms with van der Waals surface area (Å²) in [5.41, 5.74) is 1.32. The number of nitrogens with zero attached hydrogens (tertiary/aromatic N) is 1. The number of para-hydroxylation sites is 1. The van der Waals surface area contributed by atoms with Gasteiger partial charge in [0.15, 0.2) is 5.17 Å². The van der Waals surface area contributed by atoms with E-state index < -0.39 is 5.25 Å². The van der Waals surface area contributed by atoms with Crippen LogP contribution in [0.1, 0.15) is 6.42 Å². The smallest absolute Gasteiger partial charge is 0.247 e. The molecule has 1 saturated heterocycles. The van der Waals surface area contributed by atoms with E-state index in [9.17, 15) is 9.59 Å². The van der Waals surface area contributed by atoms with Crippen LogP contribution in [0.15, 0.2) is 59.1 Å². The molecule has 0 saturated carbocycles. The number of benzene rings is 2. The van der Waals surface area contributed by atoms with Crippen LogP contribution in [0.2, 0.25) is 0 Å². The van der Waals surface area contributed by atoms with Crippen molar-refractivity contribution in [2.75, 3.05) is 10.2 Å². The number of halogens is 1. The van der Waals surface area contributed by atoms with Crippen molar-refractivity contribution in [1.29, 1.82) is 5.41 Å². The van der Waals surface area contributed by atoms with E-state index in [0.717, 1.165) is 16.2 Å². The fourth-order valence-corrected chi connectivity index (χ4v) is 3.62. The molecule has 0 aromatic heterocycles. The first-order valence-electron chi connectivity index (χ1n) is 7.24. The summed E-state index contributed by atoms with van der Waals surface area (Å²) < 4.78 is 0.925. The van der Waals surface area contributed by atoms with Crippen molar-refractivity contribution in [2.45, 2.75) is 11.7 Å². The number of nitrogens with one attached hydrogen (secondary N) is 2. The molecular weight excluding hydrogens is 390 g/mol. The van der Waals surface area contributed by atoms with Crippen LogP contribution in [-0.2, 0) is 9.59 Å². The highest BCUT2D eigenvalue weighted by molar-refractivity contribution is 9.10. The average Bonchev–Trinajstić information content (AvgIpc) is 2.84. The van der Waals surface area contributed by atoms with Crippen LogP contribution in [0.4, 0.5) is 11.4 Å². The van der Waals surface area contributed by atoms with Gasteiger partial charge in [-0.3, -0.25) is 19.9 Å². The minimum absolute atomic E-state index is 0.0330. The fourth-order valence-electron chi connectivity index (χ4n) is 2.35. The molecule has 1 atom stereocenters. The number of rotatable bonds is 4. The van der Waals surface area contributed by atoms with Gasteiger partial charge in [-0.1, -0.05) is 45.9 Å². The van der Waals surface area contributed by atoms with Crippen LogP contribution >= 0.6 is 27.7 Å². The lowest BCUT2D eigenvalue weighted by atomic mass is 10.2. The van der Waals surface area contributed by atoms with Crippen LogP contribution < -0.4 is 10.2 Å². The summed E-state index contributed by atoms with van der Waals surface area (Å²) in [6.45, 7) is 0. The van der Waals surface area contributed by atoms with Crippen molar-refractivity contribution in [3.8, 4) is 0 Å². The average molecular weight is 404 g/mol. The lowest BCUT2D eigenvalue weighted by molar-refractivity contribution is -0.121. The maximum Gasteiger partial charge on any atom is 0.247 e. The topological polar surface area (TPSA) is 73.3 Å². The van der Waals surface area contributed by atoms with Crippen molar-refractivity contribution < 1.29 is 9.59 Å². The minimum atomic E-state index is -0.576. The SMILES string of the molecule is N=C1S[C@H](CC(=O)Nc2ccc(Br)cc2)C(=O)N1c1ccccc1. The number of hydrogen-bond acceptors (Lipinski definition) is 4. The largest absolute Gasteiger partial charge is 0.326 e. The summed E-state index contributed by atoms with van der Waals surface area (Å²) in [5, 5.41) is 10.4. The van der Waals surface area contributed by atoms with E-state index >= 15 is 0 Å². The first-order chi connectivity index (χ1) is 11.5. The maximum absolute atomic E-state index is 12.5. The molecule has 2 N–H and O–H groups in total. The zero-order valence-electron chi connectivity index (χ0n) is 12.5. The van der Waals surface area contributed by atoms with Gasteiger partial charge in [0, 0.05) is 16.6 Å². The highest BCUT2D eigenvalue weighted by atomic mass is 79.9. The van der Waals surface area contributed by atoms with Crippen molar-refractivity contribution in [3.63, 3.8) is 0 Å². The Kier molecular flexibility index (Phi) is 5.01. The molecule has 0 radical (unpaired) electrons. The predicted molar refractivity (Wildman–Crippen MR) is 100 cm³/mol. The van der Waals surface area contributed by atoms with Crippen molar-refractivity contribution in [2.24, 2.45) is 0 Å². The highest BCUT2D eigenvalue weighted by Crippen LogP contribution is 2.32. The van der Waals surface area contributed by atoms with Gasteiger partial charge >= 0.3 is 0 Å². The minimum Gasteiger partial charge on any atom is -0.326 e. The van der Waals surface area contributed by atoms with E-state index in [1.807, 2.05) is 30.3 Å². The van der Waals surface area contributed by atoms with Gasteiger partial charge in [-0.05, 0) is 36.4 Å². The number of carbonyl (C=O) groups is 2. The summed E-state index contributed by atoms with van der Waals surface area (Å²) in [7, 11) is 0. The molecule has 2 aromatic rings. The van der Waals surface area contributed by atoms with E-state index in [2.05, 4.69) is 21.2 Å². The van der Waals surface area contributed by atoms with Crippen LogP contribution in [0.5, 0.6) is 0 Å². The van der Waals surface area contributed by atoms with Gasteiger partial charge < -0.3 is 5.32 Å². The van der Waals surface area contributed by atoms with Gasteiger partial charge in [-0.25, -0.2) is 0 Å². The third-order valence-corrected chi connectivity index (χ3v) is 5.05. The van der Waals surface area contributed by atoms with Gasteiger partial charge in [0.05, 0.1) is 5.69 Å². The molecule has 2 amide bonds. The summed E-state index contributed by atoms with van der Waals surface area (Å²) in [6, 6.07) is 16.3. The number of anilines is 2. The predicted octanol–water partition coefficient (Wildman–Crippen LogP) is 3.86. The molecule has 24 heavy (non-hydrogen) atoms. The molecule has 1 aliphatic heterocycles. The molecule has 122 valence electrons. The molecule has 3 rings (SSSR count). The molecule has 5 nitrogen and oxygen atoms in total. The normalized spacial score (nSPS) is 17.2. The maximum atomic E-state index is 12.5. The van der Waals surface area contributed by atoms with Crippen LogP contribution in [0, 0.1) is 5.41 Å². The number of amides is 2. The van der Waals surface area contributed by atoms with Crippen molar-refractivity contribution in [1.82, 2.24) is 0 Å². The second-order valence-corrected chi connectivity index (χ2v) is 7.29. The molecular formula is C17H14BrN3O2S. The fraction of sp³-hybridized carbons (Fsp3) is 0.118. The van der Waals surface area contributed by atoms with E-state index in [4.69, 9.17) is 5.41 Å². The molecule has 1 heterocycles. The van der Waals surface area contributed by atoms with Crippen LogP contribution in [0.3, 0.4) is 0 Å². The number of carbonyl (C=O) groups excluding carboxylic acids is 2. The zero-order chi connectivity index (χ0) is 17.1. The van der Waals surface area contributed by atoms with Gasteiger partial charge in [0.1, 0.15) is 5.25 Å². The number of hydrogen-bond donors (Lipinski definition) is 2. The second kappa shape index (κ2) is 7.19. The number of thioether (sulfide) groups is 1. The lowest BCUT2D eigenvalue weighted by Crippen LogP contribution is -2.33. The molecule has 0 unspecified atom stereocenters. The van der Waals surface area contributed by atoms with Crippen molar-refractivity contribution >= 4 is 56.0 Å². The molecule has 7 heteroatoms. The summed E-state index contributed by atoms with van der Waals surface area (Å²) in [4.78, 5) is 26.0. The molecule has 0 bridgehead atoms. The molecule has 1 fully saturated rings. The molecule has 1 aliphatic rings. The Labute approximate surface area is 152 Å². The highest BCUT2D eigenvalue weighted by Gasteiger charge is 2.39. The Morgan fingerprint density at radius 2 is 1.83 bits per heavy atom. The Balaban J connectivity index is 1.65. The Morgan fingerprint density at radius 3 is 2.50 bits per heavy atom. The van der Waals surface area contributed by atoms with E-state index in [1.165, 1.54) is 4.90 Å². The zero-order valence-corrected chi connectivity index (χ0v) is 14.9. The van der Waals surface area contributed by atoms with Gasteiger partial charge in [-0.2, -0.15) is 0 Å². The van der Waals surface area contributed by atoms with Gasteiger partial charge in [0.2, 0.25) is 11.8 Å². The Hall–Kier alpha value is -2.12. The monoisotopic (exact) mass is 403 g/mol. The second-order valence-electron chi connectivity index (χ2n) is 5.18. The molecule has 0 aliphatic carbocycles. The quantitative estimate of drug-likeness (QED) is 0.813. The molecule has 0 spiro atoms. The molecule has 2 aromatic carbocycles. The third kappa shape index (κ3) is 3.68. The van der Waals surface area contributed by atoms with Crippen LogP contribution in [0.25, 0.3) is 0 Å². The summed E-state index contributed by atoms with van der Waals surface area (Å²) in [6.07, 6.45) is 0.0330. The first-order valence-corrected chi connectivity index (χ1v) is 8.91. The van der Waals surface area contributed by atoms with Gasteiger partial charge in [0.25, 0.3) is 0 Å².